The van der Waals surface area contributed by atoms with Gasteiger partial charge in [-0.05, 0) is 49.5 Å². The molecule has 0 aromatic carbocycles. The molecule has 2 amide bonds. The number of hydrogen-bond acceptors (Lipinski definition) is 4. The highest BCUT2D eigenvalue weighted by Crippen LogP contribution is 2.33. The molecule has 3 heterocycles. The van der Waals surface area contributed by atoms with Crippen LogP contribution in [0.2, 0.25) is 0 Å². The Kier molecular flexibility index (Phi) is 5.08. The predicted molar refractivity (Wildman–Crippen MR) is 98.7 cm³/mol. The maximum atomic E-state index is 12.8. The summed E-state index contributed by atoms with van der Waals surface area (Å²) in [6.45, 7) is 1.50. The fourth-order valence-corrected chi connectivity index (χ4v) is 5.27. The van der Waals surface area contributed by atoms with Gasteiger partial charge in [-0.15, -0.1) is 0 Å². The van der Waals surface area contributed by atoms with Crippen LogP contribution < -0.4 is 10.6 Å². The average Bonchev–Trinajstić information content (AvgIpc) is 3.31. The number of nitrogens with one attached hydrogen (secondary N) is 2. The van der Waals surface area contributed by atoms with E-state index in [1.165, 1.54) is 37.0 Å². The molecule has 1 saturated carbocycles. The van der Waals surface area contributed by atoms with Crippen LogP contribution in [0.1, 0.15) is 55.3 Å². The van der Waals surface area contributed by atoms with Crippen LogP contribution >= 0.6 is 11.3 Å². The van der Waals surface area contributed by atoms with E-state index in [2.05, 4.69) is 10.6 Å². The third-order valence-electron chi connectivity index (χ3n) is 6.09. The molecule has 2 aliphatic heterocycles. The van der Waals surface area contributed by atoms with Crippen molar-refractivity contribution in [3.63, 3.8) is 0 Å². The zero-order valence-electron chi connectivity index (χ0n) is 14.6. The highest BCUT2D eigenvalue weighted by Gasteiger charge is 2.40. The Balaban J connectivity index is 1.26. The fraction of sp³-hybridized carbons (Fsp3) is 0.684. The van der Waals surface area contributed by atoms with Crippen molar-refractivity contribution in [1.82, 2.24) is 15.5 Å². The summed E-state index contributed by atoms with van der Waals surface area (Å²) in [7, 11) is 0. The van der Waals surface area contributed by atoms with Crippen LogP contribution in [0.15, 0.2) is 16.8 Å². The molecule has 3 unspecified atom stereocenters. The number of likely N-dealkylation sites (tertiary alicyclic amines) is 1. The number of hydrogen-bond donors (Lipinski definition) is 2. The molecule has 1 aromatic rings. The van der Waals surface area contributed by atoms with Gasteiger partial charge in [0.1, 0.15) is 0 Å². The van der Waals surface area contributed by atoms with Crippen molar-refractivity contribution in [2.75, 3.05) is 13.1 Å². The van der Waals surface area contributed by atoms with Crippen molar-refractivity contribution in [1.29, 1.82) is 0 Å². The second-order valence-corrected chi connectivity index (χ2v) is 8.47. The molecule has 2 saturated heterocycles. The van der Waals surface area contributed by atoms with E-state index in [0.29, 0.717) is 12.0 Å². The Morgan fingerprint density at radius 3 is 2.68 bits per heavy atom. The molecule has 1 aromatic heterocycles. The van der Waals surface area contributed by atoms with Gasteiger partial charge in [0.05, 0.1) is 6.04 Å². The second kappa shape index (κ2) is 7.46. The number of piperidine rings is 1. The molecule has 6 heteroatoms. The summed E-state index contributed by atoms with van der Waals surface area (Å²) in [4.78, 5) is 27.0. The zero-order valence-corrected chi connectivity index (χ0v) is 15.4. The van der Waals surface area contributed by atoms with E-state index >= 15 is 0 Å². The van der Waals surface area contributed by atoms with Gasteiger partial charge < -0.3 is 15.5 Å². The van der Waals surface area contributed by atoms with Gasteiger partial charge in [0, 0.05) is 36.1 Å². The number of rotatable bonds is 3. The monoisotopic (exact) mass is 361 g/mol. The number of carbonyl (C=O) groups excluding carboxylic acids is 2. The molecule has 25 heavy (non-hydrogen) atoms. The minimum Gasteiger partial charge on any atom is -0.349 e. The van der Waals surface area contributed by atoms with Gasteiger partial charge in [-0.2, -0.15) is 11.3 Å². The second-order valence-electron chi connectivity index (χ2n) is 7.69. The van der Waals surface area contributed by atoms with Gasteiger partial charge in [0.25, 0.3) is 5.91 Å². The third-order valence-corrected chi connectivity index (χ3v) is 6.77. The van der Waals surface area contributed by atoms with E-state index < -0.39 is 0 Å². The third kappa shape index (κ3) is 3.75. The van der Waals surface area contributed by atoms with Crippen LogP contribution in [-0.4, -0.2) is 47.9 Å². The minimum absolute atomic E-state index is 0.00700. The lowest BCUT2D eigenvalue weighted by Gasteiger charge is -2.34. The molecule has 3 aliphatic rings. The van der Waals surface area contributed by atoms with Crippen LogP contribution in [-0.2, 0) is 4.79 Å². The average molecular weight is 362 g/mol. The molecular weight excluding hydrogens is 334 g/mol. The molecule has 0 bridgehead atoms. The number of fused-ring (bicyclic) bond motifs is 1. The van der Waals surface area contributed by atoms with Crippen LogP contribution in [0.3, 0.4) is 0 Å². The molecular formula is C19H27N3O2S. The first-order chi connectivity index (χ1) is 12.2. The van der Waals surface area contributed by atoms with Crippen molar-refractivity contribution in [3.8, 4) is 0 Å². The highest BCUT2D eigenvalue weighted by molar-refractivity contribution is 7.08. The quantitative estimate of drug-likeness (QED) is 0.869. The zero-order chi connectivity index (χ0) is 17.2. The SMILES string of the molecule is O=C(NC1CCN(C(=O)C2CC3CCCCC3N2)CC1)c1ccsc1. The molecule has 0 radical (unpaired) electrons. The summed E-state index contributed by atoms with van der Waals surface area (Å²) in [5, 5.41) is 10.5. The maximum absolute atomic E-state index is 12.8. The molecule has 3 atom stereocenters. The molecule has 136 valence electrons. The summed E-state index contributed by atoms with van der Waals surface area (Å²) in [6.07, 6.45) is 7.83. The van der Waals surface area contributed by atoms with Crippen LogP contribution in [0.25, 0.3) is 0 Å². The molecule has 4 rings (SSSR count). The lowest BCUT2D eigenvalue weighted by molar-refractivity contribution is -0.134. The largest absolute Gasteiger partial charge is 0.349 e. The van der Waals surface area contributed by atoms with Gasteiger partial charge in [-0.25, -0.2) is 0 Å². The number of amides is 2. The molecule has 1 aliphatic carbocycles. The lowest BCUT2D eigenvalue weighted by atomic mass is 9.85. The minimum atomic E-state index is 0.00700. The maximum Gasteiger partial charge on any atom is 0.252 e. The van der Waals surface area contributed by atoms with E-state index in [9.17, 15) is 9.59 Å². The molecule has 2 N–H and O–H groups in total. The van der Waals surface area contributed by atoms with E-state index in [1.54, 1.807) is 0 Å². The van der Waals surface area contributed by atoms with Gasteiger partial charge in [-0.3, -0.25) is 9.59 Å². The molecule has 0 spiro atoms. The Hall–Kier alpha value is -1.40. The van der Waals surface area contributed by atoms with Gasteiger partial charge in [0.2, 0.25) is 5.91 Å². The Morgan fingerprint density at radius 2 is 1.96 bits per heavy atom. The lowest BCUT2D eigenvalue weighted by Crippen LogP contribution is -2.51. The van der Waals surface area contributed by atoms with Crippen LogP contribution in [0.4, 0.5) is 0 Å². The van der Waals surface area contributed by atoms with Crippen LogP contribution in [0, 0.1) is 5.92 Å². The Labute approximate surface area is 153 Å². The van der Waals surface area contributed by atoms with Crippen molar-refractivity contribution in [2.24, 2.45) is 5.92 Å². The smallest absolute Gasteiger partial charge is 0.252 e. The molecule has 3 fully saturated rings. The summed E-state index contributed by atoms with van der Waals surface area (Å²) in [5.41, 5.74) is 0.737. The Bertz CT molecular complexity index is 596. The number of carbonyl (C=O) groups is 2. The summed E-state index contributed by atoms with van der Waals surface area (Å²) in [5.74, 6) is 0.981. The van der Waals surface area contributed by atoms with Gasteiger partial charge in [0.15, 0.2) is 0 Å². The van der Waals surface area contributed by atoms with E-state index in [0.717, 1.165) is 37.9 Å². The van der Waals surface area contributed by atoms with Crippen molar-refractivity contribution >= 4 is 23.2 Å². The first kappa shape index (κ1) is 17.0. The fourth-order valence-electron chi connectivity index (χ4n) is 4.64. The van der Waals surface area contributed by atoms with E-state index in [1.807, 2.05) is 21.7 Å². The predicted octanol–water partition coefficient (Wildman–Crippen LogP) is 2.39. The summed E-state index contributed by atoms with van der Waals surface area (Å²) >= 11 is 1.54. The van der Waals surface area contributed by atoms with Crippen molar-refractivity contribution in [2.45, 2.75) is 63.1 Å². The van der Waals surface area contributed by atoms with Crippen molar-refractivity contribution < 1.29 is 9.59 Å². The number of nitrogens with zero attached hydrogens (tertiary/aromatic N) is 1. The normalized spacial score (nSPS) is 30.1. The first-order valence-electron chi connectivity index (χ1n) is 9.58. The van der Waals surface area contributed by atoms with E-state index in [-0.39, 0.29) is 23.9 Å². The van der Waals surface area contributed by atoms with Gasteiger partial charge in [-0.1, -0.05) is 12.8 Å². The first-order valence-corrected chi connectivity index (χ1v) is 10.5. The molecule has 5 nitrogen and oxygen atoms in total. The highest BCUT2D eigenvalue weighted by atomic mass is 32.1. The van der Waals surface area contributed by atoms with Gasteiger partial charge >= 0.3 is 0 Å². The van der Waals surface area contributed by atoms with Crippen molar-refractivity contribution in [3.05, 3.63) is 22.4 Å². The standard InChI is InChI=1S/C19H27N3O2S/c23-18(14-7-10-25-12-14)20-15-5-8-22(9-6-15)19(24)17-11-13-3-1-2-4-16(13)21-17/h7,10,12-13,15-17,21H,1-6,8-9,11H2,(H,20,23). The van der Waals surface area contributed by atoms with E-state index in [4.69, 9.17) is 0 Å². The Morgan fingerprint density at radius 1 is 1.16 bits per heavy atom. The van der Waals surface area contributed by atoms with Crippen LogP contribution in [0.5, 0.6) is 0 Å². The topological polar surface area (TPSA) is 61.4 Å². The summed E-state index contributed by atoms with van der Waals surface area (Å²) < 4.78 is 0. The summed E-state index contributed by atoms with van der Waals surface area (Å²) in [6, 6.07) is 2.61. The number of thiophene rings is 1.